The summed E-state index contributed by atoms with van der Waals surface area (Å²) in [5.41, 5.74) is 2.12. The SMILES string of the molecule is C[C@H]1[C@H](OC(=O)CCC(=O)NN2CCOCC2)O[C@@H]2O[C@]3(C)CC[C@@H]4[C@H](C)CC[C@H]1[C@@]24OO3. The molecular formula is C23H36N2O8. The Morgan fingerprint density at radius 3 is 2.64 bits per heavy atom. The van der Waals surface area contributed by atoms with E-state index in [1.54, 1.807) is 0 Å². The Hall–Kier alpha value is -1.30. The number of nitrogens with one attached hydrogen (secondary N) is 1. The van der Waals surface area contributed by atoms with Crippen molar-refractivity contribution >= 4 is 11.9 Å². The lowest BCUT2D eigenvalue weighted by molar-refractivity contribution is -0.576. The van der Waals surface area contributed by atoms with Crippen molar-refractivity contribution in [2.24, 2.45) is 23.7 Å². The first-order valence-corrected chi connectivity index (χ1v) is 12.3. The predicted molar refractivity (Wildman–Crippen MR) is 113 cm³/mol. The second kappa shape index (κ2) is 9.05. The van der Waals surface area contributed by atoms with Gasteiger partial charge in [0.25, 0.3) is 0 Å². The first-order valence-electron chi connectivity index (χ1n) is 12.3. The van der Waals surface area contributed by atoms with Crippen LogP contribution in [-0.2, 0) is 38.3 Å². The zero-order chi connectivity index (χ0) is 23.2. The molecule has 5 saturated heterocycles. The van der Waals surface area contributed by atoms with E-state index in [-0.39, 0.29) is 36.5 Å². The summed E-state index contributed by atoms with van der Waals surface area (Å²) in [6.45, 7) is 8.60. The fourth-order valence-electron chi connectivity index (χ4n) is 6.32. The fraction of sp³-hybridized carbons (Fsp3) is 0.913. The summed E-state index contributed by atoms with van der Waals surface area (Å²) in [5.74, 6) is -0.811. The molecule has 6 aliphatic rings. The molecule has 1 aliphatic carbocycles. The maximum absolute atomic E-state index is 12.6. The highest BCUT2D eigenvalue weighted by atomic mass is 17.3. The number of ether oxygens (including phenoxy) is 4. The van der Waals surface area contributed by atoms with Gasteiger partial charge in [0, 0.05) is 37.8 Å². The third-order valence-electron chi connectivity index (χ3n) is 8.19. The number of esters is 1. The second-order valence-corrected chi connectivity index (χ2v) is 10.4. The Kier molecular flexibility index (Phi) is 6.43. The Bertz CT molecular complexity index is 761. The van der Waals surface area contributed by atoms with Gasteiger partial charge in [0.1, 0.15) is 0 Å². The van der Waals surface area contributed by atoms with Gasteiger partial charge in [-0.3, -0.25) is 15.0 Å². The molecule has 6 fully saturated rings. The second-order valence-electron chi connectivity index (χ2n) is 10.4. The van der Waals surface area contributed by atoms with E-state index in [0.717, 1.165) is 25.7 Å². The van der Waals surface area contributed by atoms with E-state index in [0.29, 0.717) is 32.2 Å². The minimum Gasteiger partial charge on any atom is -0.435 e. The minimum absolute atomic E-state index is 0.0128. The fourth-order valence-corrected chi connectivity index (χ4v) is 6.32. The van der Waals surface area contributed by atoms with Gasteiger partial charge >= 0.3 is 5.97 Å². The van der Waals surface area contributed by atoms with Crippen molar-refractivity contribution in [3.63, 3.8) is 0 Å². The van der Waals surface area contributed by atoms with E-state index < -0.39 is 29.9 Å². The van der Waals surface area contributed by atoms with E-state index in [1.807, 2.05) is 18.9 Å². The monoisotopic (exact) mass is 468 g/mol. The van der Waals surface area contributed by atoms with Crippen LogP contribution < -0.4 is 5.43 Å². The number of carbonyl (C=O) groups excluding carboxylic acids is 2. The predicted octanol–water partition coefficient (Wildman–Crippen LogP) is 1.88. The Labute approximate surface area is 194 Å². The lowest BCUT2D eigenvalue weighted by Gasteiger charge is -2.59. The number of hydrazine groups is 1. The van der Waals surface area contributed by atoms with Crippen LogP contribution in [0.2, 0.25) is 0 Å². The maximum Gasteiger partial charge on any atom is 0.308 e. The van der Waals surface area contributed by atoms with Crippen LogP contribution in [0.4, 0.5) is 0 Å². The normalized spacial score (nSPS) is 45.1. The van der Waals surface area contributed by atoms with Gasteiger partial charge in [-0.1, -0.05) is 13.8 Å². The molecule has 1 spiro atoms. The molecule has 2 bridgehead atoms. The lowest BCUT2D eigenvalue weighted by atomic mass is 9.58. The largest absolute Gasteiger partial charge is 0.435 e. The van der Waals surface area contributed by atoms with Crippen LogP contribution in [0.5, 0.6) is 0 Å². The van der Waals surface area contributed by atoms with E-state index in [1.165, 1.54) is 0 Å². The maximum atomic E-state index is 12.6. The molecule has 6 rings (SSSR count). The van der Waals surface area contributed by atoms with E-state index in [4.69, 9.17) is 28.7 Å². The van der Waals surface area contributed by atoms with Crippen molar-refractivity contribution in [3.05, 3.63) is 0 Å². The van der Waals surface area contributed by atoms with Crippen molar-refractivity contribution in [1.29, 1.82) is 0 Å². The summed E-state index contributed by atoms with van der Waals surface area (Å²) in [6, 6.07) is 0. The van der Waals surface area contributed by atoms with Crippen LogP contribution in [0.3, 0.4) is 0 Å². The molecule has 0 aromatic carbocycles. The first-order chi connectivity index (χ1) is 15.8. The third kappa shape index (κ3) is 4.30. The number of amides is 1. The molecule has 0 radical (unpaired) electrons. The lowest BCUT2D eigenvalue weighted by Crippen LogP contribution is -2.70. The van der Waals surface area contributed by atoms with Gasteiger partial charge in [-0.05, 0) is 38.0 Å². The summed E-state index contributed by atoms with van der Waals surface area (Å²) in [5, 5.41) is 1.81. The van der Waals surface area contributed by atoms with Gasteiger partial charge in [-0.15, -0.1) is 0 Å². The van der Waals surface area contributed by atoms with Crippen LogP contribution in [0.15, 0.2) is 0 Å². The molecule has 186 valence electrons. The number of rotatable bonds is 5. The highest BCUT2D eigenvalue weighted by Crippen LogP contribution is 2.60. The smallest absolute Gasteiger partial charge is 0.308 e. The minimum atomic E-state index is -0.871. The zero-order valence-corrected chi connectivity index (χ0v) is 19.7. The van der Waals surface area contributed by atoms with Gasteiger partial charge in [-0.25, -0.2) is 14.8 Å². The molecule has 1 amide bonds. The molecule has 5 heterocycles. The highest BCUT2D eigenvalue weighted by molar-refractivity contribution is 5.80. The van der Waals surface area contributed by atoms with Crippen LogP contribution in [0.25, 0.3) is 0 Å². The van der Waals surface area contributed by atoms with Crippen LogP contribution in [-0.4, -0.2) is 67.2 Å². The molecule has 10 heteroatoms. The van der Waals surface area contributed by atoms with Gasteiger partial charge in [0.2, 0.25) is 18.0 Å². The molecule has 0 unspecified atom stereocenters. The highest BCUT2D eigenvalue weighted by Gasteiger charge is 2.69. The Morgan fingerprint density at radius 2 is 1.85 bits per heavy atom. The number of nitrogens with zero attached hydrogens (tertiary/aromatic N) is 1. The van der Waals surface area contributed by atoms with Gasteiger partial charge in [0.05, 0.1) is 19.6 Å². The molecule has 33 heavy (non-hydrogen) atoms. The Morgan fingerprint density at radius 1 is 1.06 bits per heavy atom. The standard InChI is InChI=1S/C23H36N2O8/c1-14-4-5-17-15(2)20(29-19(27)7-6-18(26)24-25-10-12-28-13-11-25)30-21-23(17)16(14)8-9-22(3,31-21)32-33-23/h14-17,20-21H,4-13H2,1-3H3,(H,24,26)/t14-,15-,16-,17-,20-,21-,22+,23-/m1/s1. The van der Waals surface area contributed by atoms with E-state index in [9.17, 15) is 9.59 Å². The van der Waals surface area contributed by atoms with Crippen molar-refractivity contribution in [1.82, 2.24) is 10.4 Å². The molecule has 0 aromatic rings. The van der Waals surface area contributed by atoms with Crippen molar-refractivity contribution in [3.8, 4) is 0 Å². The summed E-state index contributed by atoms with van der Waals surface area (Å²) >= 11 is 0. The third-order valence-corrected chi connectivity index (χ3v) is 8.19. The number of hydrogen-bond donors (Lipinski definition) is 1. The quantitative estimate of drug-likeness (QED) is 0.478. The van der Waals surface area contributed by atoms with Crippen molar-refractivity contribution < 1.29 is 38.3 Å². The summed E-state index contributed by atoms with van der Waals surface area (Å²) in [6.07, 6.45) is 2.32. The molecule has 1 N–H and O–H groups in total. The topological polar surface area (TPSA) is 105 Å². The number of hydrogen-bond acceptors (Lipinski definition) is 9. The molecule has 1 saturated carbocycles. The van der Waals surface area contributed by atoms with Crippen molar-refractivity contribution in [2.75, 3.05) is 26.3 Å². The molecule has 5 aliphatic heterocycles. The van der Waals surface area contributed by atoms with Gasteiger partial charge in [-0.2, -0.15) is 0 Å². The molecule has 8 atom stereocenters. The van der Waals surface area contributed by atoms with E-state index >= 15 is 0 Å². The van der Waals surface area contributed by atoms with Gasteiger partial charge < -0.3 is 18.9 Å². The molecule has 10 nitrogen and oxygen atoms in total. The first kappa shape index (κ1) is 23.4. The Balaban J connectivity index is 1.22. The average molecular weight is 469 g/mol. The number of carbonyl (C=O) groups is 2. The van der Waals surface area contributed by atoms with Crippen LogP contribution >= 0.6 is 0 Å². The van der Waals surface area contributed by atoms with Gasteiger partial charge in [0.15, 0.2) is 11.9 Å². The van der Waals surface area contributed by atoms with Crippen LogP contribution in [0.1, 0.15) is 59.3 Å². The summed E-state index contributed by atoms with van der Waals surface area (Å²) in [7, 11) is 0. The average Bonchev–Trinajstić information content (AvgIpc) is 3.02. The molecular weight excluding hydrogens is 432 g/mol. The zero-order valence-electron chi connectivity index (χ0n) is 19.7. The van der Waals surface area contributed by atoms with E-state index in [2.05, 4.69) is 12.3 Å². The molecule has 0 aromatic heterocycles. The number of morpholine rings is 1. The van der Waals surface area contributed by atoms with Crippen LogP contribution in [0, 0.1) is 23.7 Å². The number of fused-ring (bicyclic) bond motifs is 2. The summed E-state index contributed by atoms with van der Waals surface area (Å²) in [4.78, 5) is 36.7. The summed E-state index contributed by atoms with van der Waals surface area (Å²) < 4.78 is 23.6. The van der Waals surface area contributed by atoms with Crippen molar-refractivity contribution in [2.45, 2.75) is 83.3 Å².